The van der Waals surface area contributed by atoms with Crippen molar-refractivity contribution in [3.63, 3.8) is 0 Å². The molecule has 5 rings (SSSR count). The molecule has 2 amide bonds. The van der Waals surface area contributed by atoms with E-state index in [2.05, 4.69) is 0 Å². The summed E-state index contributed by atoms with van der Waals surface area (Å²) in [5.41, 5.74) is -1.36. The van der Waals surface area contributed by atoms with E-state index in [1.54, 1.807) is 85.8 Å². The molecular formula is C31H25ClN2O6. The molecule has 1 fully saturated rings. The zero-order valence-corrected chi connectivity index (χ0v) is 22.7. The van der Waals surface area contributed by atoms with E-state index < -0.39 is 40.4 Å². The highest BCUT2D eigenvalue weighted by molar-refractivity contribution is 6.56. The number of carbonyl (C=O) groups excluding carboxylic acids is 4. The average Bonchev–Trinajstić information content (AvgIpc) is 3.31. The molecule has 0 aromatic heterocycles. The molecule has 40 heavy (non-hydrogen) atoms. The number of esters is 1. The fourth-order valence-corrected chi connectivity index (χ4v) is 5.42. The smallest absolute Gasteiger partial charge is 0.339 e. The van der Waals surface area contributed by atoms with Crippen LogP contribution in [0.15, 0.2) is 95.7 Å². The molecule has 202 valence electrons. The first-order valence-corrected chi connectivity index (χ1v) is 13.0. The molecule has 1 N–H and O–H groups in total. The van der Waals surface area contributed by atoms with E-state index in [-0.39, 0.29) is 29.1 Å². The Balaban J connectivity index is 1.91. The lowest BCUT2D eigenvalue weighted by atomic mass is 9.80. The maximum absolute atomic E-state index is 14.8. The second-order valence-electron chi connectivity index (χ2n) is 9.40. The molecule has 0 saturated carbocycles. The van der Waals surface area contributed by atoms with Gasteiger partial charge in [0.05, 0.1) is 17.8 Å². The highest BCUT2D eigenvalue weighted by Gasteiger charge is 2.70. The molecule has 1 spiro atoms. The Kier molecular flexibility index (Phi) is 6.81. The Hall–Kier alpha value is -4.69. The van der Waals surface area contributed by atoms with Gasteiger partial charge in [-0.2, -0.15) is 0 Å². The van der Waals surface area contributed by atoms with Crippen LogP contribution in [-0.4, -0.2) is 40.8 Å². The number of aryl methyl sites for hydroxylation is 1. The van der Waals surface area contributed by atoms with Crippen molar-refractivity contribution in [1.29, 1.82) is 0 Å². The number of halogens is 1. The average molecular weight is 557 g/mol. The first-order valence-electron chi connectivity index (χ1n) is 12.6. The number of hydrogen-bond acceptors (Lipinski definition) is 6. The molecule has 0 aliphatic carbocycles. The highest BCUT2D eigenvalue weighted by atomic mass is 35.5. The lowest BCUT2D eigenvalue weighted by molar-refractivity contribution is -0.140. The SMILES string of the molecule is CCOC(=O)C1=C(C)N(c2ccc(Cl)cc2)C(=O)C12/C(=C(\O)c1ccccc1)C(=O)C(=O)N2c1ccc(C)cc1. The maximum atomic E-state index is 14.8. The summed E-state index contributed by atoms with van der Waals surface area (Å²) in [7, 11) is 0. The maximum Gasteiger partial charge on any atom is 0.339 e. The van der Waals surface area contributed by atoms with Crippen LogP contribution in [0.2, 0.25) is 5.02 Å². The summed E-state index contributed by atoms with van der Waals surface area (Å²) in [6.45, 7) is 4.96. The topological polar surface area (TPSA) is 104 Å². The van der Waals surface area contributed by atoms with Crippen LogP contribution >= 0.6 is 11.6 Å². The van der Waals surface area contributed by atoms with Crippen LogP contribution in [0.25, 0.3) is 5.76 Å². The number of benzene rings is 3. The first kappa shape index (κ1) is 26.9. The Morgan fingerprint density at radius 1 is 0.900 bits per heavy atom. The zero-order chi connectivity index (χ0) is 28.8. The molecule has 1 atom stereocenters. The summed E-state index contributed by atoms with van der Waals surface area (Å²) < 4.78 is 5.39. The predicted octanol–water partition coefficient (Wildman–Crippen LogP) is 5.16. The van der Waals surface area contributed by atoms with E-state index in [0.717, 1.165) is 10.5 Å². The second-order valence-corrected chi connectivity index (χ2v) is 9.84. The number of carbonyl (C=O) groups is 4. The van der Waals surface area contributed by atoms with Gasteiger partial charge in [0, 0.05) is 27.7 Å². The fourth-order valence-electron chi connectivity index (χ4n) is 5.29. The Labute approximate surface area is 235 Å². The quantitative estimate of drug-likeness (QED) is 0.202. The standard InChI is InChI=1S/C31H25ClN2O6/c1-4-40-29(38)24-19(3)33(22-16-12-21(32)13-17-22)30(39)31(24)25(26(35)20-8-6-5-7-9-20)27(36)28(37)34(31)23-14-10-18(2)11-15-23/h5-17,35H,4H2,1-3H3/b26-25-. The van der Waals surface area contributed by atoms with Gasteiger partial charge in [0.25, 0.3) is 11.7 Å². The molecule has 2 aliphatic rings. The predicted molar refractivity (Wildman–Crippen MR) is 151 cm³/mol. The largest absolute Gasteiger partial charge is 0.507 e. The van der Waals surface area contributed by atoms with Crippen molar-refractivity contribution in [2.45, 2.75) is 26.3 Å². The minimum atomic E-state index is -2.35. The van der Waals surface area contributed by atoms with Crippen molar-refractivity contribution in [3.8, 4) is 0 Å². The number of Topliss-reactive ketones (excluding diaryl/α,β-unsaturated/α-hetero) is 1. The van der Waals surface area contributed by atoms with Crippen molar-refractivity contribution in [1.82, 2.24) is 0 Å². The van der Waals surface area contributed by atoms with Crippen LogP contribution in [-0.2, 0) is 23.9 Å². The number of aliphatic hydroxyl groups is 1. The van der Waals surface area contributed by atoms with E-state index in [1.807, 2.05) is 6.92 Å². The normalized spacial score (nSPS) is 20.1. The molecule has 2 aliphatic heterocycles. The van der Waals surface area contributed by atoms with Crippen molar-refractivity contribution < 1.29 is 29.0 Å². The number of amides is 2. The molecule has 8 nitrogen and oxygen atoms in total. The lowest BCUT2D eigenvalue weighted by Crippen LogP contribution is -2.57. The van der Waals surface area contributed by atoms with Gasteiger partial charge in [-0.25, -0.2) is 4.79 Å². The second kappa shape index (κ2) is 10.1. The number of hydrogen-bond donors (Lipinski definition) is 1. The molecule has 3 aromatic rings. The van der Waals surface area contributed by atoms with Gasteiger partial charge in [-0.1, -0.05) is 59.6 Å². The van der Waals surface area contributed by atoms with Crippen molar-refractivity contribution in [2.75, 3.05) is 16.4 Å². The fraction of sp³-hybridized carbons (Fsp3) is 0.161. The van der Waals surface area contributed by atoms with Gasteiger partial charge in [-0.3, -0.25) is 24.2 Å². The number of rotatable bonds is 5. The number of anilines is 2. The van der Waals surface area contributed by atoms with Gasteiger partial charge in [0.2, 0.25) is 0 Å². The van der Waals surface area contributed by atoms with Crippen LogP contribution in [0.3, 0.4) is 0 Å². The van der Waals surface area contributed by atoms with Crippen molar-refractivity contribution in [3.05, 3.63) is 112 Å². The first-order chi connectivity index (χ1) is 19.1. The lowest BCUT2D eigenvalue weighted by Gasteiger charge is -2.35. The van der Waals surface area contributed by atoms with E-state index in [1.165, 1.54) is 11.8 Å². The van der Waals surface area contributed by atoms with Crippen LogP contribution in [0.5, 0.6) is 0 Å². The molecule has 9 heteroatoms. The number of ketones is 1. The molecule has 2 heterocycles. The zero-order valence-electron chi connectivity index (χ0n) is 22.0. The molecule has 1 saturated heterocycles. The van der Waals surface area contributed by atoms with Gasteiger partial charge in [0.15, 0.2) is 5.54 Å². The van der Waals surface area contributed by atoms with Crippen LogP contribution in [0, 0.1) is 6.92 Å². The third-order valence-electron chi connectivity index (χ3n) is 7.03. The van der Waals surface area contributed by atoms with E-state index in [0.29, 0.717) is 10.7 Å². The summed E-state index contributed by atoms with van der Waals surface area (Å²) in [6, 6.07) is 21.0. The summed E-state index contributed by atoms with van der Waals surface area (Å²) >= 11 is 6.09. The van der Waals surface area contributed by atoms with Crippen molar-refractivity contribution in [2.24, 2.45) is 0 Å². The molecule has 3 aromatic carbocycles. The number of allylic oxidation sites excluding steroid dienone is 1. The monoisotopic (exact) mass is 556 g/mol. The number of ether oxygens (including phenoxy) is 1. The number of nitrogens with zero attached hydrogens (tertiary/aromatic N) is 2. The van der Waals surface area contributed by atoms with Gasteiger partial charge < -0.3 is 9.84 Å². The van der Waals surface area contributed by atoms with E-state index in [9.17, 15) is 24.3 Å². The van der Waals surface area contributed by atoms with Crippen LogP contribution < -0.4 is 9.80 Å². The summed E-state index contributed by atoms with van der Waals surface area (Å²) in [5, 5.41) is 12.0. The van der Waals surface area contributed by atoms with Crippen molar-refractivity contribution >= 4 is 52.3 Å². The van der Waals surface area contributed by atoms with Crippen LogP contribution in [0.1, 0.15) is 25.0 Å². The minimum absolute atomic E-state index is 0.0308. The Bertz CT molecular complexity index is 1610. The van der Waals surface area contributed by atoms with Crippen LogP contribution in [0.4, 0.5) is 11.4 Å². The molecule has 1 unspecified atom stereocenters. The van der Waals surface area contributed by atoms with E-state index in [4.69, 9.17) is 16.3 Å². The summed E-state index contributed by atoms with van der Waals surface area (Å²) in [4.78, 5) is 58.4. The number of aliphatic hydroxyl groups excluding tert-OH is 1. The van der Waals surface area contributed by atoms with Gasteiger partial charge in [-0.15, -0.1) is 0 Å². The third kappa shape index (κ3) is 3.91. The Morgan fingerprint density at radius 3 is 2.10 bits per heavy atom. The Morgan fingerprint density at radius 2 is 1.50 bits per heavy atom. The van der Waals surface area contributed by atoms with Gasteiger partial charge in [0.1, 0.15) is 5.76 Å². The molecular weight excluding hydrogens is 532 g/mol. The summed E-state index contributed by atoms with van der Waals surface area (Å²) in [6.07, 6.45) is 0. The molecule has 0 radical (unpaired) electrons. The summed E-state index contributed by atoms with van der Waals surface area (Å²) in [5.74, 6) is -4.46. The molecule has 0 bridgehead atoms. The van der Waals surface area contributed by atoms with Gasteiger partial charge >= 0.3 is 11.9 Å². The van der Waals surface area contributed by atoms with Gasteiger partial charge in [-0.05, 0) is 57.2 Å². The highest BCUT2D eigenvalue weighted by Crippen LogP contribution is 2.52. The third-order valence-corrected chi connectivity index (χ3v) is 7.29. The minimum Gasteiger partial charge on any atom is -0.507 e. The van der Waals surface area contributed by atoms with E-state index >= 15 is 0 Å².